The number of aromatic nitrogens is 3. The van der Waals surface area contributed by atoms with Gasteiger partial charge >= 0.3 is 0 Å². The van der Waals surface area contributed by atoms with Crippen molar-refractivity contribution in [3.05, 3.63) is 22.7 Å². The third kappa shape index (κ3) is 2.64. The van der Waals surface area contributed by atoms with Crippen molar-refractivity contribution in [2.45, 2.75) is 18.9 Å². The minimum atomic E-state index is 0.164. The van der Waals surface area contributed by atoms with Crippen molar-refractivity contribution in [1.82, 2.24) is 15.2 Å². The highest BCUT2D eigenvalue weighted by Gasteiger charge is 2.20. The number of nitrogens with two attached hydrogens (primary N) is 1. The molecule has 1 aliphatic rings. The van der Waals surface area contributed by atoms with E-state index in [1.165, 1.54) is 0 Å². The molecule has 0 radical (unpaired) electrons. The van der Waals surface area contributed by atoms with Crippen LogP contribution in [-0.2, 0) is 0 Å². The monoisotopic (exact) mass is 337 g/mol. The Morgan fingerprint density at radius 2 is 2.30 bits per heavy atom. The first-order chi connectivity index (χ1) is 9.63. The third-order valence-electron chi connectivity index (χ3n) is 3.43. The summed E-state index contributed by atoms with van der Waals surface area (Å²) in [5.74, 6) is 1.36. The molecule has 1 aliphatic heterocycles. The second-order valence-corrected chi connectivity index (χ2v) is 5.91. The van der Waals surface area contributed by atoms with Crippen LogP contribution in [0.5, 0.6) is 5.75 Å². The topological polar surface area (TPSA) is 91.1 Å². The Kier molecular flexibility index (Phi) is 3.62. The van der Waals surface area contributed by atoms with E-state index >= 15 is 0 Å². The van der Waals surface area contributed by atoms with Gasteiger partial charge in [-0.25, -0.2) is 0 Å². The van der Waals surface area contributed by atoms with E-state index in [2.05, 4.69) is 36.0 Å². The van der Waals surface area contributed by atoms with Gasteiger partial charge in [0.2, 0.25) is 5.95 Å². The molecule has 1 aromatic carbocycles. The fourth-order valence-corrected chi connectivity index (χ4v) is 2.76. The van der Waals surface area contributed by atoms with Crippen molar-refractivity contribution in [2.75, 3.05) is 18.0 Å². The first-order valence-electron chi connectivity index (χ1n) is 6.55. The average molecular weight is 338 g/mol. The van der Waals surface area contributed by atoms with E-state index in [4.69, 9.17) is 5.73 Å². The number of nitrogens with one attached hydrogen (secondary N) is 1. The number of anilines is 1. The minimum Gasteiger partial charge on any atom is -0.507 e. The fraction of sp³-hybridized carbons (Fsp3) is 0.385. The predicted octanol–water partition coefficient (Wildman–Crippen LogP) is 1.87. The SMILES string of the molecule is NC1CCCN(c2n[nH]c(-c3ccc(Br)cc3O)n2)C1. The molecule has 1 unspecified atom stereocenters. The molecule has 20 heavy (non-hydrogen) atoms. The summed E-state index contributed by atoms with van der Waals surface area (Å²) in [4.78, 5) is 6.53. The molecule has 106 valence electrons. The minimum absolute atomic E-state index is 0.164. The zero-order valence-electron chi connectivity index (χ0n) is 10.9. The number of nitrogens with zero attached hydrogens (tertiary/aromatic N) is 3. The summed E-state index contributed by atoms with van der Waals surface area (Å²) in [6, 6.07) is 5.46. The van der Waals surface area contributed by atoms with E-state index in [9.17, 15) is 5.11 Å². The number of halogens is 1. The Morgan fingerprint density at radius 1 is 1.45 bits per heavy atom. The van der Waals surface area contributed by atoms with Gasteiger partial charge in [-0.3, -0.25) is 5.10 Å². The largest absolute Gasteiger partial charge is 0.507 e. The zero-order chi connectivity index (χ0) is 14.1. The predicted molar refractivity (Wildman–Crippen MR) is 80.6 cm³/mol. The fourth-order valence-electron chi connectivity index (χ4n) is 2.41. The van der Waals surface area contributed by atoms with Crippen LogP contribution in [0.2, 0.25) is 0 Å². The van der Waals surface area contributed by atoms with Crippen LogP contribution in [0.15, 0.2) is 22.7 Å². The normalized spacial score (nSPS) is 19.3. The highest BCUT2D eigenvalue weighted by atomic mass is 79.9. The van der Waals surface area contributed by atoms with E-state index < -0.39 is 0 Å². The van der Waals surface area contributed by atoms with Gasteiger partial charge in [0.1, 0.15) is 5.75 Å². The number of aromatic amines is 1. The molecule has 3 rings (SSSR count). The highest BCUT2D eigenvalue weighted by Crippen LogP contribution is 2.30. The van der Waals surface area contributed by atoms with Gasteiger partial charge in [-0.2, -0.15) is 4.98 Å². The number of H-pyrrole nitrogens is 1. The van der Waals surface area contributed by atoms with Gasteiger partial charge in [0.05, 0.1) is 5.56 Å². The van der Waals surface area contributed by atoms with E-state index in [1.54, 1.807) is 12.1 Å². The van der Waals surface area contributed by atoms with Crippen molar-refractivity contribution in [3.63, 3.8) is 0 Å². The number of hydrogen-bond acceptors (Lipinski definition) is 5. The van der Waals surface area contributed by atoms with Crippen LogP contribution >= 0.6 is 15.9 Å². The second kappa shape index (κ2) is 5.41. The number of piperidine rings is 1. The van der Waals surface area contributed by atoms with E-state index in [-0.39, 0.29) is 11.8 Å². The van der Waals surface area contributed by atoms with Crippen molar-refractivity contribution < 1.29 is 5.11 Å². The highest BCUT2D eigenvalue weighted by molar-refractivity contribution is 9.10. The molecule has 7 heteroatoms. The van der Waals surface area contributed by atoms with Crippen LogP contribution in [-0.4, -0.2) is 39.4 Å². The number of hydrogen-bond donors (Lipinski definition) is 3. The summed E-state index contributed by atoms with van der Waals surface area (Å²) in [5, 5.41) is 17.1. The lowest BCUT2D eigenvalue weighted by atomic mass is 10.1. The van der Waals surface area contributed by atoms with E-state index in [0.29, 0.717) is 17.3 Å². The Bertz CT molecular complexity index is 615. The number of benzene rings is 1. The Labute approximate surface area is 125 Å². The maximum Gasteiger partial charge on any atom is 0.245 e. The van der Waals surface area contributed by atoms with Crippen LogP contribution in [0.3, 0.4) is 0 Å². The van der Waals surface area contributed by atoms with Crippen molar-refractivity contribution in [1.29, 1.82) is 0 Å². The lowest BCUT2D eigenvalue weighted by Gasteiger charge is -2.29. The second-order valence-electron chi connectivity index (χ2n) is 4.99. The standard InChI is InChI=1S/C13H16BrN5O/c14-8-3-4-10(11(20)6-8)12-16-13(18-17-12)19-5-1-2-9(15)7-19/h3-4,6,9,20H,1-2,5,7,15H2,(H,16,17,18). The quantitative estimate of drug-likeness (QED) is 0.778. The molecule has 1 fully saturated rings. The van der Waals surface area contributed by atoms with Crippen molar-refractivity contribution >= 4 is 21.9 Å². The van der Waals surface area contributed by atoms with Crippen LogP contribution in [0.4, 0.5) is 5.95 Å². The molecule has 1 aromatic heterocycles. The van der Waals surface area contributed by atoms with Crippen LogP contribution < -0.4 is 10.6 Å². The van der Waals surface area contributed by atoms with Crippen LogP contribution in [0.1, 0.15) is 12.8 Å². The summed E-state index contributed by atoms with van der Waals surface area (Å²) in [6.07, 6.45) is 2.09. The van der Waals surface area contributed by atoms with Gasteiger partial charge in [-0.05, 0) is 31.0 Å². The molecule has 2 heterocycles. The molecule has 4 N–H and O–H groups in total. The van der Waals surface area contributed by atoms with E-state index in [0.717, 1.165) is 30.4 Å². The van der Waals surface area contributed by atoms with Gasteiger partial charge < -0.3 is 15.7 Å². The van der Waals surface area contributed by atoms with Crippen LogP contribution in [0.25, 0.3) is 11.4 Å². The molecule has 1 saturated heterocycles. The maximum absolute atomic E-state index is 9.96. The molecule has 6 nitrogen and oxygen atoms in total. The average Bonchev–Trinajstić information content (AvgIpc) is 2.88. The molecule has 1 atom stereocenters. The molecular weight excluding hydrogens is 322 g/mol. The molecular formula is C13H16BrN5O. The molecule has 0 saturated carbocycles. The van der Waals surface area contributed by atoms with Crippen LogP contribution in [0, 0.1) is 0 Å². The number of phenolic OH excluding ortho intramolecular Hbond substituents is 1. The zero-order valence-corrected chi connectivity index (χ0v) is 12.5. The molecule has 2 aromatic rings. The number of rotatable bonds is 2. The Balaban J connectivity index is 1.86. The lowest BCUT2D eigenvalue weighted by Crippen LogP contribution is -2.43. The van der Waals surface area contributed by atoms with Gasteiger partial charge in [0, 0.05) is 23.6 Å². The maximum atomic E-state index is 9.96. The Hall–Kier alpha value is -1.60. The molecule has 0 amide bonds. The lowest BCUT2D eigenvalue weighted by molar-refractivity contribution is 0.476. The Morgan fingerprint density at radius 3 is 3.05 bits per heavy atom. The smallest absolute Gasteiger partial charge is 0.245 e. The first-order valence-corrected chi connectivity index (χ1v) is 7.34. The van der Waals surface area contributed by atoms with Gasteiger partial charge in [-0.1, -0.05) is 15.9 Å². The molecule has 0 aliphatic carbocycles. The van der Waals surface area contributed by atoms with Crippen molar-refractivity contribution in [2.24, 2.45) is 5.73 Å². The summed E-state index contributed by atoms with van der Waals surface area (Å²) in [6.45, 7) is 1.68. The van der Waals surface area contributed by atoms with Crippen molar-refractivity contribution in [3.8, 4) is 17.1 Å². The van der Waals surface area contributed by atoms with Gasteiger partial charge in [-0.15, -0.1) is 5.10 Å². The van der Waals surface area contributed by atoms with Gasteiger partial charge in [0.15, 0.2) is 5.82 Å². The van der Waals surface area contributed by atoms with Gasteiger partial charge in [0.25, 0.3) is 0 Å². The summed E-state index contributed by atoms with van der Waals surface area (Å²) >= 11 is 3.31. The van der Waals surface area contributed by atoms with E-state index in [1.807, 2.05) is 6.07 Å². The summed E-state index contributed by atoms with van der Waals surface area (Å²) in [5.41, 5.74) is 6.60. The third-order valence-corrected chi connectivity index (χ3v) is 3.92. The number of phenols is 1. The number of aromatic hydroxyl groups is 1. The molecule has 0 bridgehead atoms. The molecule has 0 spiro atoms. The summed E-state index contributed by atoms with van der Waals surface area (Å²) < 4.78 is 0.820. The first kappa shape index (κ1) is 13.4. The summed E-state index contributed by atoms with van der Waals surface area (Å²) in [7, 11) is 0.